The molecule has 2 rings (SSSR count). The van der Waals surface area contributed by atoms with Crippen molar-refractivity contribution in [3.8, 4) is 0 Å². The fourth-order valence-electron chi connectivity index (χ4n) is 2.38. The zero-order chi connectivity index (χ0) is 14.2. The smallest absolute Gasteiger partial charge is 0.177 e. The Kier molecular flexibility index (Phi) is 4.01. The van der Waals surface area contributed by atoms with E-state index in [-0.39, 0.29) is 4.90 Å². The SMILES string of the molecule is CC1SCCN(c2cccc(S(C)(=O)=O)c2N)C1C. The third-order valence-corrected chi connectivity index (χ3v) is 6.13. The summed E-state index contributed by atoms with van der Waals surface area (Å²) in [6, 6.07) is 5.58. The van der Waals surface area contributed by atoms with Crippen molar-refractivity contribution in [3.63, 3.8) is 0 Å². The van der Waals surface area contributed by atoms with E-state index in [4.69, 9.17) is 5.73 Å². The molecule has 0 amide bonds. The summed E-state index contributed by atoms with van der Waals surface area (Å²) in [6.45, 7) is 5.25. The molecule has 1 aromatic carbocycles. The minimum Gasteiger partial charge on any atom is -0.396 e. The first-order chi connectivity index (χ1) is 8.82. The van der Waals surface area contributed by atoms with Gasteiger partial charge in [0, 0.05) is 29.8 Å². The van der Waals surface area contributed by atoms with E-state index in [1.165, 1.54) is 6.26 Å². The van der Waals surface area contributed by atoms with Crippen LogP contribution >= 0.6 is 11.8 Å². The molecule has 0 aliphatic carbocycles. The van der Waals surface area contributed by atoms with Gasteiger partial charge in [-0.05, 0) is 19.1 Å². The Bertz CT molecular complexity index is 572. The number of sulfone groups is 1. The molecule has 19 heavy (non-hydrogen) atoms. The van der Waals surface area contributed by atoms with Crippen LogP contribution in [0.1, 0.15) is 13.8 Å². The van der Waals surface area contributed by atoms with E-state index in [0.29, 0.717) is 17.0 Å². The minimum atomic E-state index is -3.28. The van der Waals surface area contributed by atoms with Crippen LogP contribution in [0.15, 0.2) is 23.1 Å². The molecule has 1 fully saturated rings. The van der Waals surface area contributed by atoms with Crippen molar-refractivity contribution in [2.45, 2.75) is 30.0 Å². The summed E-state index contributed by atoms with van der Waals surface area (Å²) >= 11 is 1.94. The minimum absolute atomic E-state index is 0.225. The van der Waals surface area contributed by atoms with Gasteiger partial charge in [0.15, 0.2) is 9.84 Å². The van der Waals surface area contributed by atoms with Gasteiger partial charge in [-0.25, -0.2) is 8.42 Å². The van der Waals surface area contributed by atoms with Crippen LogP contribution < -0.4 is 10.6 Å². The molecule has 0 saturated carbocycles. The Morgan fingerprint density at radius 3 is 2.68 bits per heavy atom. The Morgan fingerprint density at radius 1 is 1.37 bits per heavy atom. The van der Waals surface area contributed by atoms with Crippen LogP contribution in [-0.4, -0.2) is 38.3 Å². The van der Waals surface area contributed by atoms with Gasteiger partial charge in [0.2, 0.25) is 0 Å². The van der Waals surface area contributed by atoms with E-state index in [1.807, 2.05) is 17.8 Å². The third-order valence-electron chi connectivity index (χ3n) is 3.64. The molecule has 1 aliphatic heterocycles. The van der Waals surface area contributed by atoms with Gasteiger partial charge < -0.3 is 10.6 Å². The van der Waals surface area contributed by atoms with Crippen molar-refractivity contribution in [2.24, 2.45) is 0 Å². The average Bonchev–Trinajstić information content (AvgIpc) is 2.32. The number of nitrogens with two attached hydrogens (primary N) is 1. The van der Waals surface area contributed by atoms with Crippen LogP contribution in [0, 0.1) is 0 Å². The number of nitrogens with zero attached hydrogens (tertiary/aromatic N) is 1. The van der Waals surface area contributed by atoms with Gasteiger partial charge >= 0.3 is 0 Å². The standard InChI is InChI=1S/C13H20N2O2S2/c1-9-10(2)18-8-7-15(9)11-5-4-6-12(13(11)14)19(3,16)17/h4-6,9-10H,7-8,14H2,1-3H3. The number of thioether (sulfide) groups is 1. The molecule has 2 atom stereocenters. The van der Waals surface area contributed by atoms with E-state index in [1.54, 1.807) is 12.1 Å². The Morgan fingerprint density at radius 2 is 2.05 bits per heavy atom. The van der Waals surface area contributed by atoms with Crippen LogP contribution in [0.5, 0.6) is 0 Å². The van der Waals surface area contributed by atoms with Crippen LogP contribution in [0.25, 0.3) is 0 Å². The monoisotopic (exact) mass is 300 g/mol. The number of hydrogen-bond donors (Lipinski definition) is 1. The summed E-state index contributed by atoms with van der Waals surface area (Å²) in [5, 5.41) is 0.509. The molecular formula is C13H20N2O2S2. The van der Waals surface area contributed by atoms with Crippen molar-refractivity contribution in [3.05, 3.63) is 18.2 Å². The van der Waals surface area contributed by atoms with Crippen molar-refractivity contribution < 1.29 is 8.42 Å². The first-order valence-electron chi connectivity index (χ1n) is 6.29. The molecule has 1 saturated heterocycles. The maximum absolute atomic E-state index is 11.7. The third kappa shape index (κ3) is 2.84. The molecule has 0 aromatic heterocycles. The molecular weight excluding hydrogens is 280 g/mol. The molecule has 4 nitrogen and oxygen atoms in total. The van der Waals surface area contributed by atoms with Gasteiger partial charge in [-0.2, -0.15) is 11.8 Å². The second-order valence-electron chi connectivity index (χ2n) is 4.97. The van der Waals surface area contributed by atoms with E-state index in [0.717, 1.165) is 18.0 Å². The molecule has 6 heteroatoms. The predicted molar refractivity (Wildman–Crippen MR) is 82.7 cm³/mol. The average molecular weight is 300 g/mol. The first-order valence-corrected chi connectivity index (χ1v) is 9.23. The summed E-state index contributed by atoms with van der Waals surface area (Å²) in [7, 11) is -3.28. The molecule has 1 aliphatic rings. The van der Waals surface area contributed by atoms with E-state index >= 15 is 0 Å². The van der Waals surface area contributed by atoms with Gasteiger partial charge in [-0.1, -0.05) is 13.0 Å². The predicted octanol–water partition coefficient (Wildman–Crippen LogP) is 2.00. The Balaban J connectivity index is 2.46. The molecule has 2 N–H and O–H groups in total. The number of hydrogen-bond acceptors (Lipinski definition) is 5. The molecule has 0 bridgehead atoms. The zero-order valence-electron chi connectivity index (χ0n) is 11.5. The summed E-state index contributed by atoms with van der Waals surface area (Å²) in [4.78, 5) is 2.44. The Hall–Kier alpha value is -0.880. The van der Waals surface area contributed by atoms with Crippen LogP contribution in [0.3, 0.4) is 0 Å². The van der Waals surface area contributed by atoms with Gasteiger partial charge in [0.1, 0.15) is 0 Å². The van der Waals surface area contributed by atoms with Gasteiger partial charge in [-0.3, -0.25) is 0 Å². The van der Waals surface area contributed by atoms with Crippen molar-refractivity contribution in [1.29, 1.82) is 0 Å². The number of para-hydroxylation sites is 1. The Labute approximate surface area is 119 Å². The summed E-state index contributed by atoms with van der Waals surface area (Å²) in [6.07, 6.45) is 1.20. The first kappa shape index (κ1) is 14.5. The highest BCUT2D eigenvalue weighted by atomic mass is 32.2. The number of benzene rings is 1. The van der Waals surface area contributed by atoms with Gasteiger partial charge in [0.05, 0.1) is 16.3 Å². The van der Waals surface area contributed by atoms with E-state index < -0.39 is 9.84 Å². The topological polar surface area (TPSA) is 63.4 Å². The van der Waals surface area contributed by atoms with Crippen molar-refractivity contribution >= 4 is 33.0 Å². The van der Waals surface area contributed by atoms with Crippen LogP contribution in [0.2, 0.25) is 0 Å². The van der Waals surface area contributed by atoms with Gasteiger partial charge in [-0.15, -0.1) is 0 Å². The fraction of sp³-hybridized carbons (Fsp3) is 0.538. The number of rotatable bonds is 2. The van der Waals surface area contributed by atoms with Gasteiger partial charge in [0.25, 0.3) is 0 Å². The summed E-state index contributed by atoms with van der Waals surface area (Å²) in [5.74, 6) is 1.04. The second-order valence-corrected chi connectivity index (χ2v) is 8.44. The van der Waals surface area contributed by atoms with Crippen molar-refractivity contribution in [2.75, 3.05) is 29.2 Å². The quantitative estimate of drug-likeness (QED) is 0.846. The van der Waals surface area contributed by atoms with E-state index in [9.17, 15) is 8.42 Å². The zero-order valence-corrected chi connectivity index (χ0v) is 13.1. The summed E-state index contributed by atoms with van der Waals surface area (Å²) in [5.41, 5.74) is 7.29. The van der Waals surface area contributed by atoms with Crippen LogP contribution in [0.4, 0.5) is 11.4 Å². The molecule has 1 aromatic rings. The lowest BCUT2D eigenvalue weighted by atomic mass is 10.1. The lowest BCUT2D eigenvalue weighted by Crippen LogP contribution is -2.45. The highest BCUT2D eigenvalue weighted by Crippen LogP contribution is 2.35. The second kappa shape index (κ2) is 5.25. The molecule has 106 valence electrons. The van der Waals surface area contributed by atoms with Crippen LogP contribution in [-0.2, 0) is 9.84 Å². The molecule has 2 unspecified atom stereocenters. The molecule has 0 spiro atoms. The maximum atomic E-state index is 11.7. The number of anilines is 2. The highest BCUT2D eigenvalue weighted by molar-refractivity contribution is 8.00. The lowest BCUT2D eigenvalue weighted by molar-refractivity contribution is 0.601. The maximum Gasteiger partial charge on any atom is 0.177 e. The van der Waals surface area contributed by atoms with E-state index in [2.05, 4.69) is 18.7 Å². The molecule has 1 heterocycles. The summed E-state index contributed by atoms with van der Waals surface area (Å²) < 4.78 is 23.5. The number of nitrogen functional groups attached to an aromatic ring is 1. The lowest BCUT2D eigenvalue weighted by Gasteiger charge is -2.40. The fourth-order valence-corrected chi connectivity index (χ4v) is 4.31. The normalized spacial score (nSPS) is 24.5. The highest BCUT2D eigenvalue weighted by Gasteiger charge is 2.27. The van der Waals surface area contributed by atoms with Crippen molar-refractivity contribution in [1.82, 2.24) is 0 Å². The largest absolute Gasteiger partial charge is 0.396 e. The molecule has 0 radical (unpaired) electrons.